The lowest BCUT2D eigenvalue weighted by Gasteiger charge is -2.29. The second-order valence-electron chi connectivity index (χ2n) is 11.4. The van der Waals surface area contributed by atoms with Crippen molar-refractivity contribution in [3.63, 3.8) is 0 Å². The summed E-state index contributed by atoms with van der Waals surface area (Å²) in [5.74, 6) is -1.38. The van der Waals surface area contributed by atoms with Gasteiger partial charge in [-0.2, -0.15) is 0 Å². The highest BCUT2D eigenvalue weighted by atomic mass is 16.2. The molecule has 0 radical (unpaired) electrons. The van der Waals surface area contributed by atoms with Gasteiger partial charge in [-0.15, -0.1) is 0 Å². The molecule has 2 aliphatic heterocycles. The van der Waals surface area contributed by atoms with Crippen LogP contribution in [0.3, 0.4) is 0 Å². The number of carbonyl (C=O) groups is 4. The Hall–Kier alpha value is -4.06. The molecule has 6 nitrogen and oxygen atoms in total. The van der Waals surface area contributed by atoms with Crippen LogP contribution in [0.25, 0.3) is 11.1 Å². The Labute approximate surface area is 210 Å². The maximum absolute atomic E-state index is 13.3. The minimum absolute atomic E-state index is 0.0405. The first-order valence-electron chi connectivity index (χ1n) is 12.0. The smallest absolute Gasteiger partial charge is 0.266 e. The summed E-state index contributed by atoms with van der Waals surface area (Å²) in [4.78, 5) is 54.7. The molecule has 36 heavy (non-hydrogen) atoms. The highest BCUT2D eigenvalue weighted by Crippen LogP contribution is 2.35. The summed E-state index contributed by atoms with van der Waals surface area (Å²) in [7, 11) is 0. The van der Waals surface area contributed by atoms with Gasteiger partial charge in [-0.1, -0.05) is 45.0 Å². The molecule has 0 N–H and O–H groups in total. The van der Waals surface area contributed by atoms with Gasteiger partial charge in [0, 0.05) is 5.54 Å². The zero-order chi connectivity index (χ0) is 26.2. The fourth-order valence-electron chi connectivity index (χ4n) is 4.80. The van der Waals surface area contributed by atoms with E-state index in [0.717, 1.165) is 5.56 Å². The van der Waals surface area contributed by atoms with Crippen molar-refractivity contribution in [2.45, 2.75) is 52.5 Å². The van der Waals surface area contributed by atoms with Crippen LogP contribution in [0.15, 0.2) is 60.7 Å². The zero-order valence-electron chi connectivity index (χ0n) is 21.3. The molecule has 3 aromatic carbocycles. The van der Waals surface area contributed by atoms with E-state index in [1.54, 1.807) is 48.5 Å². The molecule has 0 aliphatic carbocycles. The van der Waals surface area contributed by atoms with Crippen molar-refractivity contribution >= 4 is 29.3 Å². The fourth-order valence-corrected chi connectivity index (χ4v) is 4.80. The molecular formula is C30H28N2O4. The van der Waals surface area contributed by atoms with Gasteiger partial charge in [0.15, 0.2) is 0 Å². The molecule has 2 heterocycles. The predicted octanol–water partition coefficient (Wildman–Crippen LogP) is 5.85. The van der Waals surface area contributed by atoms with Crippen LogP contribution in [0.4, 0.5) is 5.69 Å². The average molecular weight is 481 g/mol. The van der Waals surface area contributed by atoms with E-state index in [2.05, 4.69) is 20.8 Å². The van der Waals surface area contributed by atoms with Crippen molar-refractivity contribution in [3.05, 3.63) is 88.5 Å². The van der Waals surface area contributed by atoms with E-state index < -0.39 is 5.54 Å². The number of carbonyl (C=O) groups excluding carboxylic acids is 4. The Balaban J connectivity index is 1.49. The van der Waals surface area contributed by atoms with E-state index in [1.807, 2.05) is 32.9 Å². The summed E-state index contributed by atoms with van der Waals surface area (Å²) in [6.45, 7) is 11.8. The molecule has 0 saturated heterocycles. The topological polar surface area (TPSA) is 74.8 Å². The normalized spacial score (nSPS) is 15.6. The summed E-state index contributed by atoms with van der Waals surface area (Å²) in [6.07, 6.45) is 0. The third-order valence-corrected chi connectivity index (χ3v) is 6.77. The third-order valence-electron chi connectivity index (χ3n) is 6.77. The largest absolute Gasteiger partial charge is 0.269 e. The first-order valence-corrected chi connectivity index (χ1v) is 12.0. The second kappa shape index (κ2) is 7.72. The van der Waals surface area contributed by atoms with E-state index >= 15 is 0 Å². The van der Waals surface area contributed by atoms with Crippen LogP contribution in [0.5, 0.6) is 0 Å². The van der Waals surface area contributed by atoms with E-state index in [4.69, 9.17) is 0 Å². The number of hydrogen-bond donors (Lipinski definition) is 0. The SMILES string of the molecule is CC(C)(C)c1ccc(N2C(=O)c3ccc(-c4ccc5c(c4)C(=O)N(C(C)(C)C)C5=O)cc3C2=O)cc1. The number of amides is 4. The predicted molar refractivity (Wildman–Crippen MR) is 138 cm³/mol. The van der Waals surface area contributed by atoms with Gasteiger partial charge in [0.05, 0.1) is 27.9 Å². The molecule has 0 saturated carbocycles. The van der Waals surface area contributed by atoms with Crippen LogP contribution >= 0.6 is 0 Å². The van der Waals surface area contributed by atoms with Gasteiger partial charge < -0.3 is 0 Å². The van der Waals surface area contributed by atoms with E-state index in [9.17, 15) is 19.2 Å². The van der Waals surface area contributed by atoms with Gasteiger partial charge in [0.1, 0.15) is 0 Å². The third kappa shape index (κ3) is 3.56. The lowest BCUT2D eigenvalue weighted by Crippen LogP contribution is -2.45. The first kappa shape index (κ1) is 23.7. The molecule has 0 atom stereocenters. The van der Waals surface area contributed by atoms with Crippen molar-refractivity contribution in [2.24, 2.45) is 0 Å². The van der Waals surface area contributed by atoms with E-state index in [1.165, 1.54) is 9.80 Å². The zero-order valence-corrected chi connectivity index (χ0v) is 21.3. The molecule has 2 aliphatic rings. The number of fused-ring (bicyclic) bond motifs is 2. The molecule has 0 fully saturated rings. The minimum Gasteiger partial charge on any atom is -0.269 e. The van der Waals surface area contributed by atoms with Crippen LogP contribution in [0, 0.1) is 0 Å². The molecule has 0 aromatic heterocycles. The Morgan fingerprint density at radius 1 is 0.528 bits per heavy atom. The number of anilines is 1. The second-order valence-corrected chi connectivity index (χ2v) is 11.4. The molecule has 182 valence electrons. The number of rotatable bonds is 2. The highest BCUT2D eigenvalue weighted by Gasteiger charge is 2.42. The Morgan fingerprint density at radius 2 is 0.972 bits per heavy atom. The molecular weight excluding hydrogens is 452 g/mol. The molecule has 0 spiro atoms. The Morgan fingerprint density at radius 3 is 1.47 bits per heavy atom. The lowest BCUT2D eigenvalue weighted by atomic mass is 9.87. The average Bonchev–Trinajstić information content (AvgIpc) is 3.22. The number of benzene rings is 3. The van der Waals surface area contributed by atoms with Crippen LogP contribution in [0.1, 0.15) is 88.5 Å². The van der Waals surface area contributed by atoms with Crippen LogP contribution in [0.2, 0.25) is 0 Å². The van der Waals surface area contributed by atoms with Gasteiger partial charge in [0.2, 0.25) is 0 Å². The van der Waals surface area contributed by atoms with Crippen LogP contribution in [-0.4, -0.2) is 34.1 Å². The molecule has 5 rings (SSSR count). The van der Waals surface area contributed by atoms with Gasteiger partial charge in [0.25, 0.3) is 23.6 Å². The first-order chi connectivity index (χ1) is 16.8. The van der Waals surface area contributed by atoms with Crippen molar-refractivity contribution in [1.82, 2.24) is 4.90 Å². The van der Waals surface area contributed by atoms with Crippen molar-refractivity contribution < 1.29 is 19.2 Å². The summed E-state index contributed by atoms with van der Waals surface area (Å²) >= 11 is 0. The van der Waals surface area contributed by atoms with Crippen LogP contribution < -0.4 is 4.90 Å². The molecule has 4 amide bonds. The summed E-state index contributed by atoms with van der Waals surface area (Å²) < 4.78 is 0. The van der Waals surface area contributed by atoms with Crippen LogP contribution in [-0.2, 0) is 5.41 Å². The Kier molecular flexibility index (Phi) is 5.08. The maximum Gasteiger partial charge on any atom is 0.266 e. The minimum atomic E-state index is -0.637. The monoisotopic (exact) mass is 480 g/mol. The summed E-state index contributed by atoms with van der Waals surface area (Å²) in [6, 6.07) is 17.7. The number of nitrogens with zero attached hydrogens (tertiary/aromatic N) is 2. The Bertz CT molecular complexity index is 1470. The van der Waals surface area contributed by atoms with Crippen molar-refractivity contribution in [1.29, 1.82) is 0 Å². The van der Waals surface area contributed by atoms with E-state index in [-0.39, 0.29) is 29.0 Å². The highest BCUT2D eigenvalue weighted by molar-refractivity contribution is 6.34. The fraction of sp³-hybridized carbons (Fsp3) is 0.267. The number of imide groups is 2. The van der Waals surface area contributed by atoms with Gasteiger partial charge in [-0.25, -0.2) is 4.90 Å². The number of hydrogen-bond acceptors (Lipinski definition) is 4. The standard InChI is InChI=1S/C30H28N2O4/c1-29(2,3)19-9-11-20(12-10-19)31-25(33)21-13-7-17(15-23(21)26(31)34)18-8-14-22-24(16-18)28(36)32(27(22)35)30(4,5)6/h7-16H,1-6H3. The lowest BCUT2D eigenvalue weighted by molar-refractivity contribution is 0.0507. The van der Waals surface area contributed by atoms with Crippen molar-refractivity contribution in [2.75, 3.05) is 4.90 Å². The molecule has 6 heteroatoms. The van der Waals surface area contributed by atoms with Crippen molar-refractivity contribution in [3.8, 4) is 11.1 Å². The van der Waals surface area contributed by atoms with Gasteiger partial charge in [-0.3, -0.25) is 24.1 Å². The van der Waals surface area contributed by atoms with Gasteiger partial charge >= 0.3 is 0 Å². The molecule has 0 bridgehead atoms. The van der Waals surface area contributed by atoms with Gasteiger partial charge in [-0.05, 0) is 79.3 Å². The van der Waals surface area contributed by atoms with E-state index in [0.29, 0.717) is 39.1 Å². The quantitative estimate of drug-likeness (QED) is 0.432. The summed E-state index contributed by atoms with van der Waals surface area (Å²) in [5, 5.41) is 0. The molecule has 0 unspecified atom stereocenters. The summed E-state index contributed by atoms with van der Waals surface area (Å²) in [5.41, 5.74) is 3.72. The molecule has 3 aromatic rings. The maximum atomic E-state index is 13.3.